The van der Waals surface area contributed by atoms with Crippen molar-refractivity contribution in [3.05, 3.63) is 181 Å². The van der Waals surface area contributed by atoms with Gasteiger partial charge in [0.15, 0.2) is 0 Å². The summed E-state index contributed by atoms with van der Waals surface area (Å²) in [6.45, 7) is 22.6. The Labute approximate surface area is 700 Å². The number of allylic oxidation sites excluding steroid dienone is 21. The van der Waals surface area contributed by atoms with Crippen LogP contribution in [-0.2, 0) is 95.2 Å². The first kappa shape index (κ1) is 101. The highest BCUT2D eigenvalue weighted by Gasteiger charge is 2.75. The van der Waals surface area contributed by atoms with Crippen molar-refractivity contribution in [3.63, 3.8) is 0 Å². The molecule has 3 aliphatic carbocycles. The fourth-order valence-corrected chi connectivity index (χ4v) is 15.7. The van der Waals surface area contributed by atoms with E-state index in [1.54, 1.807) is 112 Å². The molecule has 6 aliphatic heterocycles. The highest BCUT2D eigenvalue weighted by Crippen LogP contribution is 2.62. The van der Waals surface area contributed by atoms with Crippen molar-refractivity contribution >= 4 is 47.8 Å². The van der Waals surface area contributed by atoms with Crippen LogP contribution in [0.4, 0.5) is 0 Å². The highest BCUT2D eigenvalue weighted by molar-refractivity contribution is 5.84. The van der Waals surface area contributed by atoms with Crippen LogP contribution in [0.25, 0.3) is 0 Å². The summed E-state index contributed by atoms with van der Waals surface area (Å²) in [7, 11) is 4.95. The fourth-order valence-electron chi connectivity index (χ4n) is 15.7. The molecule has 119 heavy (non-hydrogen) atoms. The number of esters is 3. The van der Waals surface area contributed by atoms with Gasteiger partial charge in [-0.2, -0.15) is 0 Å². The number of nitrogens with two attached hydrogens (primary N) is 2. The number of carbonyl (C=O) groups is 8. The molecule has 0 aromatic carbocycles. The zero-order valence-corrected chi connectivity index (χ0v) is 71.2. The van der Waals surface area contributed by atoms with Crippen LogP contribution < -0.4 is 33.1 Å². The summed E-state index contributed by atoms with van der Waals surface area (Å²) in [5, 5.41) is 45.7. The molecule has 29 nitrogen and oxygen atoms in total. The predicted molar refractivity (Wildman–Crippen MR) is 440 cm³/mol. The summed E-state index contributed by atoms with van der Waals surface area (Å²) < 4.78 is 71.2. The van der Waals surface area contributed by atoms with Crippen LogP contribution in [0.5, 0.6) is 0 Å². The average molecular weight is 1670 g/mol. The first-order valence-electron chi connectivity index (χ1n) is 40.8. The first-order valence-corrected chi connectivity index (χ1v) is 40.8. The van der Waals surface area contributed by atoms with E-state index in [0.717, 1.165) is 95.5 Å². The lowest BCUT2D eigenvalue weighted by Crippen LogP contribution is -2.55. The number of epoxide rings is 6. The Kier molecular flexibility index (Phi) is 41.8. The van der Waals surface area contributed by atoms with E-state index in [9.17, 15) is 48.6 Å². The zero-order chi connectivity index (χ0) is 88.2. The van der Waals surface area contributed by atoms with Gasteiger partial charge in [0.2, 0.25) is 0 Å². The molecular weight excluding hydrogens is 1540 g/mol. The smallest absolute Gasteiger partial charge is 0.331 e. The van der Waals surface area contributed by atoms with Crippen molar-refractivity contribution in [2.75, 3.05) is 54.2 Å². The van der Waals surface area contributed by atoms with Crippen molar-refractivity contribution in [1.29, 1.82) is 0 Å². The van der Waals surface area contributed by atoms with Gasteiger partial charge in [-0.25, -0.2) is 19.2 Å². The van der Waals surface area contributed by atoms with E-state index in [2.05, 4.69) is 92.0 Å². The summed E-state index contributed by atoms with van der Waals surface area (Å²) in [5.74, 6) is -6.70. The standard InChI is InChI=1S/3C26H34O7.2C6H14N2O2/c3*1-18(2)13-14-20-25(3,33-20)24-23(30-4)19(15-16-26(24)17-31-26)32-22(29)12-10-8-6-5-7-9-11-21(27)28;2*7-4-2-1-3-5(8)6(9)10/h3*5-13,19-20,23-24H,14-17H2,1-4H3,(H,27,28);2*5H,1-4,7-8H2,(H,9,10)/b3*7-5+,8-6+,11-9+,12-10+;;/t3*19-,20-,23-,24-,25+,26+;;/m111../s1. The SMILES string of the molecule is CO[C@@H]1[C@H](OC(=O)/C=C/C=C/C=C/C=C/C(=O)O)CC[C@]2(CO2)[C@H]1[C@@]1(C)O[C@@H]1CC=C(C)C.CO[C@@H]1[C@H](OC(=O)/C=C/C=C/C=C/C=C/C(=O)[O-])CC[C@]2(CO2)[C@H]1[C@@]1(C)O[C@@H]1CC=C(C)C.CO[C@@H]1[C@H](OC(=O)/C=C/C=C/C=C/C=C/C(=O)[O-])CC[C@]2(CO2)[C@H]1[C@@]1(C)O[C@@H]1CC=C(C)C.NC(CCCC[NH3+])C(=O)O.NC(CCCC[NH3+])C(=O)O. The molecule has 20 atom stereocenters. The molecule has 6 heterocycles. The molecular formula is C90H130N4O25. The van der Waals surface area contributed by atoms with Gasteiger partial charge >= 0.3 is 35.8 Å². The van der Waals surface area contributed by atoms with E-state index in [-0.39, 0.29) is 106 Å². The molecule has 3 saturated carbocycles. The highest BCUT2D eigenvalue weighted by atomic mass is 16.7. The molecule has 0 radical (unpaired) electrons. The third kappa shape index (κ3) is 33.0. The van der Waals surface area contributed by atoms with Gasteiger partial charge in [-0.1, -0.05) is 144 Å². The third-order valence-electron chi connectivity index (χ3n) is 22.2. The van der Waals surface area contributed by atoms with Crippen LogP contribution >= 0.6 is 0 Å². The van der Waals surface area contributed by atoms with E-state index < -0.39 is 59.8 Å². The molecule has 13 N–H and O–H groups in total. The minimum Gasteiger partial charge on any atom is -0.545 e. The molecule has 29 heteroatoms. The van der Waals surface area contributed by atoms with Crippen molar-refractivity contribution in [2.24, 2.45) is 29.2 Å². The number of hydrogen-bond acceptors (Lipinski definition) is 24. The van der Waals surface area contributed by atoms with Crippen LogP contribution in [0.2, 0.25) is 0 Å². The second-order valence-corrected chi connectivity index (χ2v) is 32.1. The summed E-state index contributed by atoms with van der Waals surface area (Å²) in [6, 6.07) is -1.38. The van der Waals surface area contributed by atoms with E-state index in [4.69, 9.17) is 83.6 Å². The molecule has 0 aromatic rings. The van der Waals surface area contributed by atoms with E-state index in [0.29, 0.717) is 51.9 Å². The number of unbranched alkanes of at least 4 members (excludes halogenated alkanes) is 2. The van der Waals surface area contributed by atoms with E-state index >= 15 is 0 Å². The molecule has 660 valence electrons. The quantitative estimate of drug-likeness (QED) is 0.00638. The number of carboxylic acid groups (broad SMARTS) is 5. The van der Waals surface area contributed by atoms with Gasteiger partial charge in [0.1, 0.15) is 82.3 Å². The van der Waals surface area contributed by atoms with Gasteiger partial charge in [0, 0.05) is 45.6 Å². The number of carboxylic acids is 5. The summed E-state index contributed by atoms with van der Waals surface area (Å²) in [4.78, 5) is 88.4. The zero-order valence-electron chi connectivity index (χ0n) is 71.2. The van der Waals surface area contributed by atoms with Crippen molar-refractivity contribution in [1.82, 2.24) is 0 Å². The normalized spacial score (nSPS) is 31.8. The maximum Gasteiger partial charge on any atom is 0.331 e. The maximum absolute atomic E-state index is 12.4. The van der Waals surface area contributed by atoms with Gasteiger partial charge in [0.25, 0.3) is 0 Å². The Hall–Kier alpha value is -8.66. The molecule has 2 unspecified atom stereocenters. The Bertz CT molecular complexity index is 3450. The summed E-state index contributed by atoms with van der Waals surface area (Å²) in [5.41, 5.74) is 19.7. The summed E-state index contributed by atoms with van der Waals surface area (Å²) >= 11 is 0. The maximum atomic E-state index is 12.4. The largest absolute Gasteiger partial charge is 0.545 e. The number of aliphatic carboxylic acids is 5. The lowest BCUT2D eigenvalue weighted by molar-refractivity contribution is -0.368. The lowest BCUT2D eigenvalue weighted by Gasteiger charge is -2.42. The Morgan fingerprint density at radius 1 is 0.412 bits per heavy atom. The van der Waals surface area contributed by atoms with Crippen LogP contribution in [0.3, 0.4) is 0 Å². The van der Waals surface area contributed by atoms with Crippen LogP contribution in [0, 0.1) is 17.8 Å². The van der Waals surface area contributed by atoms with Crippen LogP contribution in [0.1, 0.15) is 159 Å². The Morgan fingerprint density at radius 2 is 0.655 bits per heavy atom. The van der Waals surface area contributed by atoms with E-state index in [1.807, 2.05) is 0 Å². The van der Waals surface area contributed by atoms with E-state index in [1.165, 1.54) is 53.2 Å². The topological polar surface area (TPSA) is 481 Å². The van der Waals surface area contributed by atoms with Crippen LogP contribution in [0.15, 0.2) is 181 Å². The number of carbonyl (C=O) groups excluding carboxylic acids is 5. The summed E-state index contributed by atoms with van der Waals surface area (Å²) in [6.07, 6.45) is 52.0. The molecule has 0 aromatic heterocycles. The number of ether oxygens (including phenoxy) is 12. The fraction of sp³-hybridized carbons (Fsp3) is 0.578. The predicted octanol–water partition coefficient (Wildman–Crippen LogP) is 6.70. The number of methoxy groups -OCH3 is 3. The molecule has 0 amide bonds. The molecule has 0 bridgehead atoms. The number of hydrogen-bond donors (Lipinski definition) is 7. The lowest BCUT2D eigenvalue weighted by atomic mass is 9.68. The minimum absolute atomic E-state index is 0.00928. The van der Waals surface area contributed by atoms with Gasteiger partial charge in [0.05, 0.1) is 80.9 Å². The van der Waals surface area contributed by atoms with Crippen molar-refractivity contribution < 1.29 is 132 Å². The Morgan fingerprint density at radius 3 is 0.866 bits per heavy atom. The third-order valence-corrected chi connectivity index (χ3v) is 22.2. The van der Waals surface area contributed by atoms with Gasteiger partial charge < -0.3 is 115 Å². The Balaban J connectivity index is 0.000000284. The van der Waals surface area contributed by atoms with Gasteiger partial charge in [-0.3, -0.25) is 9.59 Å². The first-order chi connectivity index (χ1) is 56.5. The number of rotatable bonds is 40. The second kappa shape index (κ2) is 49.3. The van der Waals surface area contributed by atoms with Crippen molar-refractivity contribution in [3.8, 4) is 0 Å². The minimum atomic E-state index is -1.25. The van der Waals surface area contributed by atoms with Gasteiger partial charge in [-0.05, 0) is 171 Å². The monoisotopic (exact) mass is 1670 g/mol. The second-order valence-electron chi connectivity index (χ2n) is 32.1. The van der Waals surface area contributed by atoms with Crippen molar-refractivity contribution in [2.45, 2.75) is 259 Å². The molecule has 9 fully saturated rings. The number of quaternary nitrogens is 2. The molecule has 6 saturated heterocycles. The van der Waals surface area contributed by atoms with Gasteiger partial charge in [-0.15, -0.1) is 0 Å². The molecule has 3 spiro atoms. The average Bonchev–Trinajstić information content (AvgIpc) is 1.54. The van der Waals surface area contributed by atoms with Crippen LogP contribution in [-0.4, -0.2) is 218 Å². The molecule has 9 rings (SSSR count). The molecule has 9 aliphatic rings.